The van der Waals surface area contributed by atoms with Gasteiger partial charge < -0.3 is 60.2 Å². The van der Waals surface area contributed by atoms with E-state index in [0.717, 1.165) is 0 Å². The van der Waals surface area contributed by atoms with Gasteiger partial charge in [-0.05, 0) is 6.92 Å². The van der Waals surface area contributed by atoms with Crippen molar-refractivity contribution in [2.24, 2.45) is 5.92 Å². The normalized spacial score (nSPS) is 41.4. The van der Waals surface area contributed by atoms with E-state index in [2.05, 4.69) is 0 Å². The lowest BCUT2D eigenvalue weighted by Gasteiger charge is -2.43. The third kappa shape index (κ3) is 6.12. The average molecular weight is 471 g/mol. The minimum absolute atomic E-state index is 0.00995. The van der Waals surface area contributed by atoms with Crippen LogP contribution >= 0.6 is 0 Å². The molecule has 13 heteroatoms. The van der Waals surface area contributed by atoms with Crippen LogP contribution in [0.25, 0.3) is 0 Å². The molecule has 2 rings (SSSR count). The number of carboxylic acids is 1. The molecule has 11 atom stereocenters. The topological polar surface area (TPSA) is 209 Å². The summed E-state index contributed by atoms with van der Waals surface area (Å²) in [6.07, 6.45) is -8.07. The Bertz CT molecular complexity index is 585. The third-order valence-corrected chi connectivity index (χ3v) is 6.26. The molecule has 0 spiro atoms. The van der Waals surface area contributed by atoms with Gasteiger partial charge >= 0.3 is 5.97 Å². The van der Waals surface area contributed by atoms with E-state index in [1.807, 2.05) is 0 Å². The Kier molecular flexibility index (Phi) is 10.6. The molecule has 2 saturated heterocycles. The fourth-order valence-electron chi connectivity index (χ4n) is 4.33. The monoisotopic (exact) mass is 470 g/mol. The number of quaternary nitrogens is 2. The third-order valence-electron chi connectivity index (χ3n) is 6.26. The maximum Gasteiger partial charge on any atom is 0.332 e. The van der Waals surface area contributed by atoms with E-state index >= 15 is 0 Å². The van der Waals surface area contributed by atoms with E-state index < -0.39 is 86.2 Å². The first-order chi connectivity index (χ1) is 15.2. The Hall–Kier alpha value is -0.970. The second-order valence-corrected chi connectivity index (χ2v) is 8.23. The van der Waals surface area contributed by atoms with Crippen LogP contribution in [0.15, 0.2) is 0 Å². The van der Waals surface area contributed by atoms with Crippen molar-refractivity contribution in [3.05, 3.63) is 0 Å². The zero-order valence-corrected chi connectivity index (χ0v) is 18.6. The quantitative estimate of drug-likeness (QED) is 0.142. The summed E-state index contributed by atoms with van der Waals surface area (Å²) in [6.45, 7) is 0.424. The first-order valence-electron chi connectivity index (χ1n) is 10.8. The molecule has 0 aromatic carbocycles. The van der Waals surface area contributed by atoms with Gasteiger partial charge in [-0.2, -0.15) is 0 Å². The number of aliphatic hydroxyl groups is 5. The van der Waals surface area contributed by atoms with Crippen molar-refractivity contribution in [3.63, 3.8) is 0 Å². The molecule has 0 aliphatic carbocycles. The second-order valence-electron chi connectivity index (χ2n) is 8.23. The molecule has 32 heavy (non-hydrogen) atoms. The van der Waals surface area contributed by atoms with E-state index in [-0.39, 0.29) is 13.2 Å². The zero-order valence-electron chi connectivity index (χ0n) is 18.6. The largest absolute Gasteiger partial charge is 0.479 e. The average Bonchev–Trinajstić information content (AvgIpc) is 2.76. The number of aliphatic carboxylic acids is 1. The van der Waals surface area contributed by atoms with Gasteiger partial charge in [0, 0.05) is 5.92 Å². The SMILES string of the molecule is C[NH2+]C1[C@H](O)OC(CO)[C@H](COC[C@@H]2OC(CO)[C@H](O)[C@H](OC(C)C(=O)O)C2[NH2+]C)[C@@H]1O. The summed E-state index contributed by atoms with van der Waals surface area (Å²) < 4.78 is 22.5. The summed E-state index contributed by atoms with van der Waals surface area (Å²) >= 11 is 0. The number of rotatable bonds is 11. The summed E-state index contributed by atoms with van der Waals surface area (Å²) in [4.78, 5) is 11.2. The molecule has 0 bridgehead atoms. The van der Waals surface area contributed by atoms with E-state index in [9.17, 15) is 30.3 Å². The van der Waals surface area contributed by atoms with Crippen LogP contribution < -0.4 is 10.6 Å². The first kappa shape index (κ1) is 27.3. The number of hydrogen-bond acceptors (Lipinski definition) is 10. The number of nitrogens with two attached hydrogens (primary N) is 2. The highest BCUT2D eigenvalue weighted by Gasteiger charge is 2.50. The lowest BCUT2D eigenvalue weighted by Crippen LogP contribution is -2.94. The molecule has 188 valence electrons. The highest BCUT2D eigenvalue weighted by molar-refractivity contribution is 5.71. The molecule has 10 N–H and O–H groups in total. The van der Waals surface area contributed by atoms with Crippen LogP contribution in [0.5, 0.6) is 0 Å². The highest BCUT2D eigenvalue weighted by Crippen LogP contribution is 2.26. The van der Waals surface area contributed by atoms with Gasteiger partial charge in [0.15, 0.2) is 12.1 Å². The maximum atomic E-state index is 11.2. The lowest BCUT2D eigenvalue weighted by molar-refractivity contribution is -0.694. The van der Waals surface area contributed by atoms with Crippen LogP contribution in [0.1, 0.15) is 6.92 Å². The predicted octanol–water partition coefficient (Wildman–Crippen LogP) is -6.21. The molecule has 2 heterocycles. The molecule has 0 saturated carbocycles. The van der Waals surface area contributed by atoms with Crippen molar-refractivity contribution < 1.29 is 65.0 Å². The Morgan fingerprint density at radius 1 is 0.938 bits per heavy atom. The van der Waals surface area contributed by atoms with Crippen LogP contribution in [0.4, 0.5) is 0 Å². The Morgan fingerprint density at radius 2 is 1.56 bits per heavy atom. The molecule has 13 nitrogen and oxygen atoms in total. The van der Waals surface area contributed by atoms with E-state index in [1.54, 1.807) is 24.7 Å². The molecule has 2 aliphatic heterocycles. The Labute approximate surface area is 186 Å². The van der Waals surface area contributed by atoms with Crippen LogP contribution in [0, 0.1) is 5.92 Å². The fourth-order valence-corrected chi connectivity index (χ4v) is 4.33. The Morgan fingerprint density at radius 3 is 2.09 bits per heavy atom. The summed E-state index contributed by atoms with van der Waals surface area (Å²) in [5.74, 6) is -1.80. The van der Waals surface area contributed by atoms with Gasteiger partial charge in [-0.1, -0.05) is 0 Å². The van der Waals surface area contributed by atoms with Gasteiger partial charge in [-0.15, -0.1) is 0 Å². The maximum absolute atomic E-state index is 11.2. The van der Waals surface area contributed by atoms with Crippen LogP contribution in [-0.2, 0) is 23.7 Å². The smallest absolute Gasteiger partial charge is 0.332 e. The number of ether oxygens (including phenoxy) is 4. The van der Waals surface area contributed by atoms with Crippen LogP contribution in [0.2, 0.25) is 0 Å². The number of hydrogen-bond donors (Lipinski definition) is 8. The molecular formula is C19H38N2O11+2. The number of aliphatic hydroxyl groups excluding tert-OH is 5. The van der Waals surface area contributed by atoms with Crippen molar-refractivity contribution >= 4 is 5.97 Å². The number of likely N-dealkylation sites (N-methyl/N-ethyl adjacent to an activating group) is 2. The standard InChI is InChI=1S/C19H36N2O11/c1-8(18(26)27)30-17-13(20-2)12(31-11(5-23)16(17)25)7-29-6-9-10(4-22)32-19(28)14(21-3)15(9)24/h8-17,19-25,28H,4-7H2,1-3H3,(H,26,27)/p+2/t8?,9-,10?,11?,12-,13?,14?,15-,16-,17+,19+/m0/s1. The summed E-state index contributed by atoms with van der Waals surface area (Å²) in [5.41, 5.74) is 0. The second kappa shape index (κ2) is 12.5. The van der Waals surface area contributed by atoms with E-state index in [4.69, 9.17) is 24.1 Å². The zero-order chi connectivity index (χ0) is 24.0. The van der Waals surface area contributed by atoms with Crippen molar-refractivity contribution in [1.29, 1.82) is 0 Å². The van der Waals surface area contributed by atoms with Crippen molar-refractivity contribution in [2.75, 3.05) is 40.5 Å². The van der Waals surface area contributed by atoms with Gasteiger partial charge in [0.25, 0.3) is 0 Å². The first-order valence-corrected chi connectivity index (χ1v) is 10.8. The summed E-state index contributed by atoms with van der Waals surface area (Å²) in [6, 6.07) is -1.17. The van der Waals surface area contributed by atoms with Gasteiger partial charge in [0.1, 0.15) is 36.6 Å². The molecule has 0 amide bonds. The summed E-state index contributed by atoms with van der Waals surface area (Å²) in [5, 5.41) is 62.8. The Balaban J connectivity index is 2.06. The van der Waals surface area contributed by atoms with Gasteiger partial charge in [0.2, 0.25) is 6.29 Å². The van der Waals surface area contributed by atoms with Crippen LogP contribution in [-0.4, -0.2) is 138 Å². The van der Waals surface area contributed by atoms with Crippen LogP contribution in [0.3, 0.4) is 0 Å². The predicted molar refractivity (Wildman–Crippen MR) is 105 cm³/mol. The fraction of sp³-hybridized carbons (Fsp3) is 0.947. The van der Waals surface area contributed by atoms with Crippen molar-refractivity contribution in [1.82, 2.24) is 0 Å². The summed E-state index contributed by atoms with van der Waals surface area (Å²) in [7, 11) is 3.41. The molecule has 2 fully saturated rings. The molecule has 0 aromatic rings. The molecular weight excluding hydrogens is 432 g/mol. The van der Waals surface area contributed by atoms with Gasteiger partial charge in [-0.25, -0.2) is 4.79 Å². The minimum atomic E-state index is -1.24. The molecule has 2 aliphatic rings. The van der Waals surface area contributed by atoms with E-state index in [0.29, 0.717) is 0 Å². The number of carbonyl (C=O) groups is 1. The van der Waals surface area contributed by atoms with E-state index in [1.165, 1.54) is 6.92 Å². The van der Waals surface area contributed by atoms with Crippen molar-refractivity contribution in [2.45, 2.75) is 68.0 Å². The highest BCUT2D eigenvalue weighted by atomic mass is 16.6. The molecule has 0 aromatic heterocycles. The minimum Gasteiger partial charge on any atom is -0.479 e. The molecule has 5 unspecified atom stereocenters. The van der Waals surface area contributed by atoms with Crippen molar-refractivity contribution in [3.8, 4) is 0 Å². The van der Waals surface area contributed by atoms with Gasteiger partial charge in [0.05, 0.1) is 46.6 Å². The lowest BCUT2D eigenvalue weighted by atomic mass is 9.88. The number of carboxylic acid groups (broad SMARTS) is 1. The molecule has 0 radical (unpaired) electrons. The van der Waals surface area contributed by atoms with Gasteiger partial charge in [-0.3, -0.25) is 0 Å².